The van der Waals surface area contributed by atoms with Gasteiger partial charge in [0.2, 0.25) is 0 Å². The summed E-state index contributed by atoms with van der Waals surface area (Å²) in [6.45, 7) is 0.231. The van der Waals surface area contributed by atoms with Crippen LogP contribution in [0, 0.1) is 0 Å². The SMILES string of the molecule is COCOc1ccc(S(C)=O)cc1. The summed E-state index contributed by atoms with van der Waals surface area (Å²) < 4.78 is 20.9. The fourth-order valence-corrected chi connectivity index (χ4v) is 1.37. The zero-order chi connectivity index (χ0) is 9.68. The highest BCUT2D eigenvalue weighted by Gasteiger charge is 1.97. The summed E-state index contributed by atoms with van der Waals surface area (Å²) in [6.07, 6.45) is 1.64. The van der Waals surface area contributed by atoms with E-state index < -0.39 is 10.8 Å². The summed E-state index contributed by atoms with van der Waals surface area (Å²) in [4.78, 5) is 0.796. The molecule has 1 aromatic rings. The van der Waals surface area contributed by atoms with Gasteiger partial charge in [-0.1, -0.05) is 0 Å². The first-order valence-electron chi connectivity index (χ1n) is 3.79. The molecule has 0 aliphatic carbocycles. The lowest BCUT2D eigenvalue weighted by Gasteiger charge is -2.04. The summed E-state index contributed by atoms with van der Waals surface area (Å²) in [5.41, 5.74) is 0. The van der Waals surface area contributed by atoms with Crippen LogP contribution in [-0.4, -0.2) is 24.4 Å². The van der Waals surface area contributed by atoms with Gasteiger partial charge in [-0.25, -0.2) is 0 Å². The molecule has 1 aromatic carbocycles. The van der Waals surface area contributed by atoms with E-state index in [2.05, 4.69) is 0 Å². The van der Waals surface area contributed by atoms with Crippen molar-refractivity contribution in [3.63, 3.8) is 0 Å². The van der Waals surface area contributed by atoms with E-state index >= 15 is 0 Å². The van der Waals surface area contributed by atoms with Crippen molar-refractivity contribution in [3.05, 3.63) is 24.3 Å². The van der Waals surface area contributed by atoms with E-state index in [4.69, 9.17) is 9.47 Å². The molecule has 0 amide bonds. The Morgan fingerprint density at radius 1 is 1.31 bits per heavy atom. The summed E-state index contributed by atoms with van der Waals surface area (Å²) in [6, 6.07) is 7.10. The zero-order valence-corrected chi connectivity index (χ0v) is 8.47. The summed E-state index contributed by atoms with van der Waals surface area (Å²) >= 11 is 0. The van der Waals surface area contributed by atoms with Gasteiger partial charge in [-0.3, -0.25) is 4.21 Å². The van der Waals surface area contributed by atoms with Gasteiger partial charge in [-0.2, -0.15) is 0 Å². The molecule has 0 fully saturated rings. The molecule has 4 heteroatoms. The molecule has 0 saturated heterocycles. The van der Waals surface area contributed by atoms with Crippen LogP contribution in [0.2, 0.25) is 0 Å². The Bertz CT molecular complexity index is 281. The van der Waals surface area contributed by atoms with Gasteiger partial charge in [0.1, 0.15) is 5.75 Å². The second-order valence-corrected chi connectivity index (χ2v) is 3.86. The third-order valence-electron chi connectivity index (χ3n) is 1.50. The highest BCUT2D eigenvalue weighted by atomic mass is 32.2. The number of hydrogen-bond donors (Lipinski definition) is 0. The molecule has 1 atom stereocenters. The average molecular weight is 200 g/mol. The van der Waals surface area contributed by atoms with Gasteiger partial charge in [0.15, 0.2) is 6.79 Å². The Morgan fingerprint density at radius 3 is 2.38 bits per heavy atom. The second kappa shape index (κ2) is 4.99. The zero-order valence-electron chi connectivity index (χ0n) is 7.65. The molecule has 72 valence electrons. The van der Waals surface area contributed by atoms with Crippen molar-refractivity contribution in [1.29, 1.82) is 0 Å². The Morgan fingerprint density at radius 2 is 1.92 bits per heavy atom. The predicted molar refractivity (Wildman–Crippen MR) is 51.3 cm³/mol. The minimum Gasteiger partial charge on any atom is -0.468 e. The fourth-order valence-electron chi connectivity index (χ4n) is 0.854. The summed E-state index contributed by atoms with van der Waals surface area (Å²) in [5, 5.41) is 0. The first kappa shape index (κ1) is 10.2. The van der Waals surface area contributed by atoms with Gasteiger partial charge < -0.3 is 9.47 Å². The normalized spacial score (nSPS) is 12.5. The molecular weight excluding hydrogens is 188 g/mol. The molecule has 0 N–H and O–H groups in total. The molecule has 0 saturated carbocycles. The number of hydrogen-bond acceptors (Lipinski definition) is 3. The van der Waals surface area contributed by atoms with Crippen LogP contribution in [0.5, 0.6) is 5.75 Å². The number of methoxy groups -OCH3 is 1. The third kappa shape index (κ3) is 3.16. The molecule has 0 radical (unpaired) electrons. The second-order valence-electron chi connectivity index (χ2n) is 2.48. The average Bonchev–Trinajstić information content (AvgIpc) is 2.15. The van der Waals surface area contributed by atoms with Gasteiger partial charge in [0, 0.05) is 29.1 Å². The van der Waals surface area contributed by atoms with Gasteiger partial charge in [-0.15, -0.1) is 0 Å². The van der Waals surface area contributed by atoms with Crippen molar-refractivity contribution in [3.8, 4) is 5.75 Å². The lowest BCUT2D eigenvalue weighted by molar-refractivity contribution is 0.0511. The molecule has 0 aromatic heterocycles. The smallest absolute Gasteiger partial charge is 0.188 e. The van der Waals surface area contributed by atoms with Gasteiger partial charge >= 0.3 is 0 Å². The fraction of sp³-hybridized carbons (Fsp3) is 0.333. The minimum absolute atomic E-state index is 0.231. The monoisotopic (exact) mass is 200 g/mol. The summed E-state index contributed by atoms with van der Waals surface area (Å²) in [7, 11) is 0.635. The van der Waals surface area contributed by atoms with E-state index in [-0.39, 0.29) is 6.79 Å². The Hall–Kier alpha value is -0.870. The van der Waals surface area contributed by atoms with Gasteiger partial charge in [-0.05, 0) is 24.3 Å². The maximum atomic E-state index is 11.0. The third-order valence-corrected chi connectivity index (χ3v) is 2.44. The van der Waals surface area contributed by atoms with Crippen LogP contribution in [0.25, 0.3) is 0 Å². The lowest BCUT2D eigenvalue weighted by atomic mass is 10.3. The van der Waals surface area contributed by atoms with E-state index in [1.165, 1.54) is 0 Å². The van der Waals surface area contributed by atoms with Crippen LogP contribution >= 0.6 is 0 Å². The van der Waals surface area contributed by atoms with Crippen molar-refractivity contribution >= 4 is 10.8 Å². The molecule has 0 spiro atoms. The summed E-state index contributed by atoms with van der Waals surface area (Å²) in [5.74, 6) is 0.719. The van der Waals surface area contributed by atoms with Crippen molar-refractivity contribution < 1.29 is 13.7 Å². The molecule has 13 heavy (non-hydrogen) atoms. The number of rotatable bonds is 4. The molecule has 1 unspecified atom stereocenters. The van der Waals surface area contributed by atoms with Crippen LogP contribution in [0.3, 0.4) is 0 Å². The first-order chi connectivity index (χ1) is 6.24. The Balaban J connectivity index is 2.64. The van der Waals surface area contributed by atoms with Crippen LogP contribution in [0.4, 0.5) is 0 Å². The van der Waals surface area contributed by atoms with E-state index in [1.54, 1.807) is 37.6 Å². The molecule has 0 aliphatic heterocycles. The predicted octanol–water partition coefficient (Wildman–Crippen LogP) is 1.41. The van der Waals surface area contributed by atoms with Crippen molar-refractivity contribution in [1.82, 2.24) is 0 Å². The highest BCUT2D eigenvalue weighted by molar-refractivity contribution is 7.84. The topological polar surface area (TPSA) is 35.5 Å². The largest absolute Gasteiger partial charge is 0.468 e. The number of ether oxygens (including phenoxy) is 2. The molecule has 0 aliphatic rings. The van der Waals surface area contributed by atoms with Crippen molar-refractivity contribution in [2.24, 2.45) is 0 Å². The van der Waals surface area contributed by atoms with Crippen LogP contribution in [-0.2, 0) is 15.5 Å². The van der Waals surface area contributed by atoms with E-state index in [1.807, 2.05) is 0 Å². The number of benzene rings is 1. The maximum Gasteiger partial charge on any atom is 0.188 e. The minimum atomic E-state index is -0.930. The van der Waals surface area contributed by atoms with Crippen LogP contribution in [0.15, 0.2) is 29.2 Å². The van der Waals surface area contributed by atoms with E-state index in [0.29, 0.717) is 0 Å². The Kier molecular flexibility index (Phi) is 3.92. The maximum absolute atomic E-state index is 11.0. The highest BCUT2D eigenvalue weighted by Crippen LogP contribution is 2.13. The molecule has 0 bridgehead atoms. The van der Waals surface area contributed by atoms with Gasteiger partial charge in [0.05, 0.1) is 0 Å². The molecule has 3 nitrogen and oxygen atoms in total. The van der Waals surface area contributed by atoms with Crippen molar-refractivity contribution in [2.45, 2.75) is 4.90 Å². The Labute approximate surface area is 80.1 Å². The molecule has 1 rings (SSSR count). The van der Waals surface area contributed by atoms with Crippen LogP contribution in [0.1, 0.15) is 0 Å². The molecule has 0 heterocycles. The van der Waals surface area contributed by atoms with Crippen LogP contribution < -0.4 is 4.74 Å². The van der Waals surface area contributed by atoms with E-state index in [9.17, 15) is 4.21 Å². The standard InChI is InChI=1S/C9H12O3S/c1-11-7-12-8-3-5-9(6-4-8)13(2)10/h3-6H,7H2,1-2H3. The van der Waals surface area contributed by atoms with E-state index in [0.717, 1.165) is 10.6 Å². The van der Waals surface area contributed by atoms with Gasteiger partial charge in [0.25, 0.3) is 0 Å². The quantitative estimate of drug-likeness (QED) is 0.689. The molecular formula is C9H12O3S. The first-order valence-corrected chi connectivity index (χ1v) is 5.35. The lowest BCUT2D eigenvalue weighted by Crippen LogP contribution is -1.98. The van der Waals surface area contributed by atoms with Crippen molar-refractivity contribution in [2.75, 3.05) is 20.2 Å².